The van der Waals surface area contributed by atoms with Gasteiger partial charge in [0.15, 0.2) is 17.2 Å². The van der Waals surface area contributed by atoms with Gasteiger partial charge in [-0.3, -0.25) is 14.4 Å². The number of benzene rings is 7. The lowest BCUT2D eigenvalue weighted by atomic mass is 9.94. The summed E-state index contributed by atoms with van der Waals surface area (Å²) in [6, 6.07) is 51.4. The number of rotatable bonds is 13. The van der Waals surface area contributed by atoms with Gasteiger partial charge in [-0.15, -0.1) is 0 Å². The van der Waals surface area contributed by atoms with Gasteiger partial charge >= 0.3 is 11.9 Å². The summed E-state index contributed by atoms with van der Waals surface area (Å²) in [6.45, 7) is 2.41. The highest BCUT2D eigenvalue weighted by molar-refractivity contribution is 6.53. The van der Waals surface area contributed by atoms with Gasteiger partial charge in [-0.1, -0.05) is 126 Å². The van der Waals surface area contributed by atoms with Crippen molar-refractivity contribution < 1.29 is 33.6 Å². The summed E-state index contributed by atoms with van der Waals surface area (Å²) in [5, 5.41) is 9.16. The third-order valence-electron chi connectivity index (χ3n) is 9.25. The topological polar surface area (TPSA) is 132 Å². The van der Waals surface area contributed by atoms with Crippen LogP contribution in [0, 0.1) is 0 Å². The lowest BCUT2D eigenvalue weighted by molar-refractivity contribution is -0.141. The second-order valence-electron chi connectivity index (χ2n) is 13.2. The maximum atomic E-state index is 14.3. The van der Waals surface area contributed by atoms with Crippen molar-refractivity contribution in [2.45, 2.75) is 13.8 Å². The summed E-state index contributed by atoms with van der Waals surface area (Å²) in [6.07, 6.45) is 0. The number of Topliss-reactive ketones (excluding diaryl/α,β-unsaturated/α-hetero) is 2. The van der Waals surface area contributed by atoms with Crippen LogP contribution in [0.2, 0.25) is 0 Å². The van der Waals surface area contributed by atoms with Gasteiger partial charge in [0.25, 0.3) is 0 Å². The van der Waals surface area contributed by atoms with Gasteiger partial charge < -0.3 is 14.6 Å². The van der Waals surface area contributed by atoms with Gasteiger partial charge in [0, 0.05) is 64.0 Å². The largest absolute Gasteiger partial charge is 0.332 e. The first-order valence-corrected chi connectivity index (χ1v) is 18.5. The van der Waals surface area contributed by atoms with E-state index in [0.29, 0.717) is 61.2 Å². The van der Waals surface area contributed by atoms with Crippen LogP contribution in [0.5, 0.6) is 0 Å². The average Bonchev–Trinajstić information content (AvgIpc) is 3.27. The molecule has 0 aliphatic carbocycles. The molecule has 288 valence electrons. The van der Waals surface area contributed by atoms with E-state index < -0.39 is 23.5 Å². The zero-order valence-corrected chi connectivity index (χ0v) is 31.9. The van der Waals surface area contributed by atoms with E-state index in [1.165, 1.54) is 13.8 Å². The third-order valence-corrected chi connectivity index (χ3v) is 9.25. The van der Waals surface area contributed by atoms with Gasteiger partial charge in [0.2, 0.25) is 11.6 Å². The van der Waals surface area contributed by atoms with E-state index in [1.807, 2.05) is 71.6 Å². The van der Waals surface area contributed by atoms with Crippen LogP contribution < -0.4 is 4.90 Å². The Balaban J connectivity index is 1.34. The molecule has 0 saturated carbocycles. The zero-order chi connectivity index (χ0) is 41.3. The minimum Gasteiger partial charge on any atom is -0.318 e. The number of hydrogen-bond acceptors (Lipinski definition) is 10. The molecule has 0 bridgehead atoms. The first kappa shape index (κ1) is 39.1. The number of nitrogens with zero attached hydrogens (tertiary/aromatic N) is 3. The lowest BCUT2D eigenvalue weighted by Crippen LogP contribution is -2.18. The standard InChI is InChI=1S/C49H35N3O7/c1-32(53)58-50-45(34-14-6-3-7-15-34)48(56)38-24-28-40(29-25-38)52(39-26-22-37(23-27-39)47(55)36-18-10-5-11-19-36)44-31-30-43(41-20-12-13-21-42(41)44)49(57)46(51-59-33(2)54)35-16-8-4-9-17-35/h3-31H,1-2H3/b50-45-,51-46-. The molecule has 0 unspecified atom stereocenters. The van der Waals surface area contributed by atoms with Crippen molar-refractivity contribution in [3.05, 3.63) is 209 Å². The SMILES string of the molecule is CC(=O)O/N=C(\C(=O)c1ccc(N(c2ccc(C(=O)c3ccccc3)cc2)c2ccc(C(=O)/C(=N\OC(C)=O)c3ccccc3)c3ccccc23)cc1)c1ccccc1. The number of carbonyl (C=O) groups excluding carboxylic acids is 5. The summed E-state index contributed by atoms with van der Waals surface area (Å²) in [5.74, 6) is -2.38. The molecule has 0 amide bonds. The van der Waals surface area contributed by atoms with Crippen molar-refractivity contribution in [3.8, 4) is 0 Å². The highest BCUT2D eigenvalue weighted by Crippen LogP contribution is 2.40. The molecule has 0 aliphatic rings. The monoisotopic (exact) mass is 777 g/mol. The molecular weight excluding hydrogens is 743 g/mol. The Bertz CT molecular complexity index is 2750. The molecule has 0 heterocycles. The molecule has 0 aromatic heterocycles. The Kier molecular flexibility index (Phi) is 11.8. The fourth-order valence-corrected chi connectivity index (χ4v) is 6.51. The fraction of sp³-hybridized carbons (Fsp3) is 0.0408. The maximum Gasteiger partial charge on any atom is 0.332 e. The van der Waals surface area contributed by atoms with E-state index in [4.69, 9.17) is 9.68 Å². The summed E-state index contributed by atoms with van der Waals surface area (Å²) >= 11 is 0. The average molecular weight is 778 g/mol. The predicted octanol–water partition coefficient (Wildman–Crippen LogP) is 9.84. The van der Waals surface area contributed by atoms with Crippen molar-refractivity contribution in [1.82, 2.24) is 0 Å². The van der Waals surface area contributed by atoms with E-state index in [9.17, 15) is 24.0 Å². The van der Waals surface area contributed by atoms with Crippen molar-refractivity contribution >= 4 is 68.5 Å². The molecule has 0 atom stereocenters. The van der Waals surface area contributed by atoms with Crippen molar-refractivity contribution in [3.63, 3.8) is 0 Å². The van der Waals surface area contributed by atoms with E-state index in [1.54, 1.807) is 109 Å². The van der Waals surface area contributed by atoms with Crippen LogP contribution in [0.15, 0.2) is 186 Å². The smallest absolute Gasteiger partial charge is 0.318 e. The Morgan fingerprint density at radius 1 is 0.407 bits per heavy atom. The highest BCUT2D eigenvalue weighted by Gasteiger charge is 2.24. The molecule has 10 nitrogen and oxygen atoms in total. The van der Waals surface area contributed by atoms with Crippen LogP contribution in [-0.4, -0.2) is 40.7 Å². The molecule has 7 aromatic rings. The molecule has 0 aliphatic heterocycles. The number of fused-ring (bicyclic) bond motifs is 1. The number of hydrogen-bond donors (Lipinski definition) is 0. The van der Waals surface area contributed by atoms with Gasteiger partial charge in [-0.2, -0.15) is 0 Å². The van der Waals surface area contributed by atoms with E-state index in [-0.39, 0.29) is 17.2 Å². The molecule has 10 heteroatoms. The first-order chi connectivity index (χ1) is 28.7. The Hall–Kier alpha value is -8.11. The molecule has 0 N–H and O–H groups in total. The van der Waals surface area contributed by atoms with Gasteiger partial charge in [-0.25, -0.2) is 9.59 Å². The normalized spacial score (nSPS) is 11.4. The van der Waals surface area contributed by atoms with E-state index in [0.717, 1.165) is 0 Å². The van der Waals surface area contributed by atoms with Gasteiger partial charge in [0.1, 0.15) is 0 Å². The lowest BCUT2D eigenvalue weighted by Gasteiger charge is -2.27. The zero-order valence-electron chi connectivity index (χ0n) is 31.9. The van der Waals surface area contributed by atoms with Crippen LogP contribution in [0.1, 0.15) is 61.6 Å². The van der Waals surface area contributed by atoms with Crippen LogP contribution in [0.25, 0.3) is 10.8 Å². The van der Waals surface area contributed by atoms with E-state index in [2.05, 4.69) is 10.3 Å². The van der Waals surface area contributed by atoms with Gasteiger partial charge in [-0.05, 0) is 66.0 Å². The van der Waals surface area contributed by atoms with Crippen LogP contribution in [-0.2, 0) is 19.3 Å². The first-order valence-electron chi connectivity index (χ1n) is 18.5. The molecule has 7 rings (SSSR count). The molecule has 0 spiro atoms. The van der Waals surface area contributed by atoms with Crippen LogP contribution >= 0.6 is 0 Å². The van der Waals surface area contributed by atoms with Crippen molar-refractivity contribution in [2.75, 3.05) is 4.90 Å². The van der Waals surface area contributed by atoms with Crippen molar-refractivity contribution in [2.24, 2.45) is 10.3 Å². The predicted molar refractivity (Wildman–Crippen MR) is 227 cm³/mol. The highest BCUT2D eigenvalue weighted by atomic mass is 16.7. The second kappa shape index (κ2) is 17.8. The molecular formula is C49H35N3O7. The van der Waals surface area contributed by atoms with E-state index >= 15 is 0 Å². The Morgan fingerprint density at radius 3 is 1.31 bits per heavy atom. The second-order valence-corrected chi connectivity index (χ2v) is 13.2. The third kappa shape index (κ3) is 8.82. The number of carbonyl (C=O) groups is 5. The summed E-state index contributed by atoms with van der Waals surface area (Å²) in [5.41, 5.74) is 4.54. The quantitative estimate of drug-likeness (QED) is 0.0489. The number of ketones is 3. The summed E-state index contributed by atoms with van der Waals surface area (Å²) < 4.78 is 0. The Labute approximate surface area is 339 Å². The van der Waals surface area contributed by atoms with Gasteiger partial charge in [0.05, 0.1) is 5.69 Å². The van der Waals surface area contributed by atoms with Crippen LogP contribution in [0.4, 0.5) is 17.1 Å². The number of anilines is 3. The number of oxime groups is 2. The summed E-state index contributed by atoms with van der Waals surface area (Å²) in [4.78, 5) is 76.8. The fourth-order valence-electron chi connectivity index (χ4n) is 6.51. The molecule has 0 saturated heterocycles. The maximum absolute atomic E-state index is 14.3. The molecule has 59 heavy (non-hydrogen) atoms. The molecule has 0 fully saturated rings. The van der Waals surface area contributed by atoms with Crippen LogP contribution in [0.3, 0.4) is 0 Å². The Morgan fingerprint density at radius 2 is 0.814 bits per heavy atom. The molecule has 7 aromatic carbocycles. The minimum atomic E-state index is -0.667. The molecule has 0 radical (unpaired) electrons. The summed E-state index contributed by atoms with van der Waals surface area (Å²) in [7, 11) is 0. The minimum absolute atomic E-state index is 0.0394. The van der Waals surface area contributed by atoms with Crippen molar-refractivity contribution in [1.29, 1.82) is 0 Å².